The molecule has 1 aliphatic heterocycles. The Morgan fingerprint density at radius 1 is 1.31 bits per heavy atom. The number of hydrogen-bond acceptors (Lipinski definition) is 6. The highest BCUT2D eigenvalue weighted by molar-refractivity contribution is 5.82. The smallest absolute Gasteiger partial charge is 0.408 e. The first-order chi connectivity index (χ1) is 13.7. The number of nitrogens with zero attached hydrogens (tertiary/aromatic N) is 1. The number of benzene rings is 1. The molecule has 1 aliphatic rings. The fraction of sp³-hybridized carbons (Fsp3) is 0.571. The Morgan fingerprint density at radius 3 is 2.62 bits per heavy atom. The topological polar surface area (TPSA) is 94.2 Å². The predicted molar refractivity (Wildman–Crippen MR) is 107 cm³/mol. The summed E-state index contributed by atoms with van der Waals surface area (Å²) in [5.41, 5.74) is 0.218. The van der Waals surface area contributed by atoms with E-state index in [9.17, 15) is 14.4 Å². The maximum Gasteiger partial charge on any atom is 0.408 e. The molecular weight excluding hydrogens is 376 g/mol. The Hall–Kier alpha value is -2.77. The van der Waals surface area contributed by atoms with Crippen LogP contribution in [-0.4, -0.2) is 55.6 Å². The highest BCUT2D eigenvalue weighted by Crippen LogP contribution is 2.29. The van der Waals surface area contributed by atoms with Crippen LogP contribution in [0.15, 0.2) is 18.2 Å². The Morgan fingerprint density at radius 2 is 2.03 bits per heavy atom. The van der Waals surface area contributed by atoms with Crippen LogP contribution in [0.2, 0.25) is 0 Å². The van der Waals surface area contributed by atoms with Gasteiger partial charge in [0.1, 0.15) is 23.4 Å². The molecule has 2 amide bonds. The van der Waals surface area contributed by atoms with E-state index in [4.69, 9.17) is 14.2 Å². The fourth-order valence-corrected chi connectivity index (χ4v) is 3.28. The molecule has 2 rings (SSSR count). The maximum atomic E-state index is 12.8. The number of methoxy groups -OCH3 is 2. The minimum atomic E-state index is -0.769. The van der Waals surface area contributed by atoms with Gasteiger partial charge in [0, 0.05) is 30.6 Å². The van der Waals surface area contributed by atoms with Crippen molar-refractivity contribution in [1.29, 1.82) is 0 Å². The summed E-state index contributed by atoms with van der Waals surface area (Å²) in [5.74, 6) is 0.960. The summed E-state index contributed by atoms with van der Waals surface area (Å²) in [6, 6.07) is 4.70. The van der Waals surface area contributed by atoms with E-state index in [2.05, 4.69) is 5.32 Å². The van der Waals surface area contributed by atoms with Crippen molar-refractivity contribution < 1.29 is 28.6 Å². The maximum absolute atomic E-state index is 12.8. The summed E-state index contributed by atoms with van der Waals surface area (Å²) < 4.78 is 15.8. The van der Waals surface area contributed by atoms with Gasteiger partial charge in [-0.1, -0.05) is 0 Å². The van der Waals surface area contributed by atoms with E-state index in [1.165, 1.54) is 0 Å². The number of rotatable bonds is 8. The zero-order chi connectivity index (χ0) is 21.6. The molecule has 1 saturated heterocycles. The van der Waals surface area contributed by atoms with Gasteiger partial charge in [-0.05, 0) is 45.7 Å². The van der Waals surface area contributed by atoms with E-state index in [1.54, 1.807) is 46.0 Å². The van der Waals surface area contributed by atoms with Crippen molar-refractivity contribution in [3.05, 3.63) is 23.8 Å². The zero-order valence-electron chi connectivity index (χ0n) is 17.7. The van der Waals surface area contributed by atoms with Crippen LogP contribution in [0.3, 0.4) is 0 Å². The molecule has 2 atom stereocenters. The molecule has 0 bridgehead atoms. The van der Waals surface area contributed by atoms with Crippen LogP contribution in [0.4, 0.5) is 4.79 Å². The summed E-state index contributed by atoms with van der Waals surface area (Å²) in [7, 11) is 3.15. The molecule has 1 aromatic carbocycles. The number of carbonyl (C=O) groups excluding carboxylic acids is 3. The third-order valence-corrected chi connectivity index (χ3v) is 4.67. The average Bonchev–Trinajstić information content (AvgIpc) is 2.99. The second kappa shape index (κ2) is 9.62. The molecule has 0 aromatic heterocycles. The Kier molecular flexibility index (Phi) is 7.47. The van der Waals surface area contributed by atoms with Gasteiger partial charge in [-0.15, -0.1) is 0 Å². The van der Waals surface area contributed by atoms with Crippen LogP contribution in [0.25, 0.3) is 0 Å². The van der Waals surface area contributed by atoms with E-state index in [-0.39, 0.29) is 18.2 Å². The summed E-state index contributed by atoms with van der Waals surface area (Å²) >= 11 is 0. The normalized spacial score (nSPS) is 17.6. The average molecular weight is 406 g/mol. The molecular formula is C21H30N2O6. The molecule has 1 N–H and O–H groups in total. The number of aldehydes is 1. The van der Waals surface area contributed by atoms with Gasteiger partial charge in [0.15, 0.2) is 0 Å². The first-order valence-electron chi connectivity index (χ1n) is 9.61. The molecule has 29 heavy (non-hydrogen) atoms. The summed E-state index contributed by atoms with van der Waals surface area (Å²) in [5, 5.41) is 2.53. The monoisotopic (exact) mass is 406 g/mol. The minimum Gasteiger partial charge on any atom is -0.497 e. The van der Waals surface area contributed by atoms with Gasteiger partial charge in [0.25, 0.3) is 0 Å². The number of hydrogen-bond donors (Lipinski definition) is 1. The molecule has 0 spiro atoms. The van der Waals surface area contributed by atoms with Gasteiger partial charge < -0.3 is 29.2 Å². The lowest BCUT2D eigenvalue weighted by atomic mass is 9.99. The van der Waals surface area contributed by atoms with Gasteiger partial charge in [0.05, 0.1) is 20.3 Å². The molecule has 0 radical (unpaired) electrons. The lowest BCUT2D eigenvalue weighted by Gasteiger charge is -2.22. The molecule has 0 aliphatic carbocycles. The molecule has 8 nitrogen and oxygen atoms in total. The van der Waals surface area contributed by atoms with Crippen LogP contribution in [0.5, 0.6) is 11.5 Å². The lowest BCUT2D eigenvalue weighted by molar-refractivity contribution is -0.131. The molecule has 1 heterocycles. The Balaban J connectivity index is 1.97. The third-order valence-electron chi connectivity index (χ3n) is 4.67. The molecule has 0 saturated carbocycles. The molecule has 1 aromatic rings. The van der Waals surface area contributed by atoms with Crippen LogP contribution in [-0.2, 0) is 20.9 Å². The van der Waals surface area contributed by atoms with Crippen molar-refractivity contribution in [1.82, 2.24) is 10.2 Å². The second-order valence-corrected chi connectivity index (χ2v) is 8.05. The minimum absolute atomic E-state index is 0.0410. The van der Waals surface area contributed by atoms with E-state index in [0.29, 0.717) is 37.3 Å². The number of nitrogens with one attached hydrogen (secondary N) is 1. The van der Waals surface area contributed by atoms with Crippen molar-refractivity contribution in [3.63, 3.8) is 0 Å². The first-order valence-corrected chi connectivity index (χ1v) is 9.61. The molecule has 160 valence electrons. The van der Waals surface area contributed by atoms with Crippen molar-refractivity contribution >= 4 is 18.3 Å². The SMILES string of the molecule is COc1ccc(CN2CC[C@H](C[C@@H](C=O)NC(=O)OC(C)(C)C)C2=O)c(OC)c1. The van der Waals surface area contributed by atoms with Gasteiger partial charge in [0.2, 0.25) is 5.91 Å². The van der Waals surface area contributed by atoms with Crippen LogP contribution in [0, 0.1) is 5.92 Å². The largest absolute Gasteiger partial charge is 0.497 e. The van der Waals surface area contributed by atoms with E-state index < -0.39 is 17.7 Å². The zero-order valence-corrected chi connectivity index (χ0v) is 17.7. The van der Waals surface area contributed by atoms with Crippen molar-refractivity contribution in [2.24, 2.45) is 5.92 Å². The van der Waals surface area contributed by atoms with E-state index >= 15 is 0 Å². The summed E-state index contributed by atoms with van der Waals surface area (Å²) in [4.78, 5) is 37.8. The first kappa shape index (κ1) is 22.5. The van der Waals surface area contributed by atoms with Crippen molar-refractivity contribution in [3.8, 4) is 11.5 Å². The quantitative estimate of drug-likeness (QED) is 0.667. The van der Waals surface area contributed by atoms with Crippen LogP contribution in [0.1, 0.15) is 39.2 Å². The van der Waals surface area contributed by atoms with E-state index in [0.717, 1.165) is 5.56 Å². The van der Waals surface area contributed by atoms with Gasteiger partial charge in [-0.2, -0.15) is 0 Å². The number of amides is 2. The molecule has 1 fully saturated rings. The number of likely N-dealkylation sites (tertiary alicyclic amines) is 1. The predicted octanol–water partition coefficient (Wildman–Crippen LogP) is 2.53. The number of carbonyl (C=O) groups is 3. The van der Waals surface area contributed by atoms with E-state index in [1.807, 2.05) is 12.1 Å². The number of alkyl carbamates (subject to hydrolysis) is 1. The highest BCUT2D eigenvalue weighted by Gasteiger charge is 2.34. The number of ether oxygens (including phenoxy) is 3. The van der Waals surface area contributed by atoms with Gasteiger partial charge >= 0.3 is 6.09 Å². The van der Waals surface area contributed by atoms with Gasteiger partial charge in [-0.3, -0.25) is 4.79 Å². The lowest BCUT2D eigenvalue weighted by Crippen LogP contribution is -2.41. The van der Waals surface area contributed by atoms with Crippen molar-refractivity contribution in [2.75, 3.05) is 20.8 Å². The molecule has 0 unspecified atom stereocenters. The third kappa shape index (κ3) is 6.37. The van der Waals surface area contributed by atoms with Gasteiger partial charge in [-0.25, -0.2) is 4.79 Å². The standard InChI is InChI=1S/C21H30N2O6/c1-21(2,3)29-20(26)22-16(13-24)10-14-8-9-23(19(14)25)12-15-6-7-17(27-4)11-18(15)28-5/h6-7,11,13-14,16H,8-10,12H2,1-5H3,(H,22,26)/t14-,16+/m1/s1. The summed E-state index contributed by atoms with van der Waals surface area (Å²) in [6.45, 7) is 6.22. The fourth-order valence-electron chi connectivity index (χ4n) is 3.28. The van der Waals surface area contributed by atoms with Crippen LogP contribution < -0.4 is 14.8 Å². The molecule has 8 heteroatoms. The Bertz CT molecular complexity index is 743. The highest BCUT2D eigenvalue weighted by atomic mass is 16.6. The van der Waals surface area contributed by atoms with Crippen LogP contribution >= 0.6 is 0 Å². The van der Waals surface area contributed by atoms with Crippen molar-refractivity contribution in [2.45, 2.75) is 51.8 Å². The second-order valence-electron chi connectivity index (χ2n) is 8.05. The Labute approximate surface area is 171 Å². The summed E-state index contributed by atoms with van der Waals surface area (Å²) in [6.07, 6.45) is 0.849.